The molecule has 118 valence electrons. The van der Waals surface area contributed by atoms with Crippen LogP contribution in [0.15, 0.2) is 5.16 Å². The maximum Gasteiger partial charge on any atom is 0.320 e. The molecule has 0 aromatic rings. The SMILES string of the molecule is CO/N=C1\C(C)(C)C(C)(C)C(C)(C)[C@@]1(C)SS(=O)(=O)O. The topological polar surface area (TPSA) is 76.0 Å². The van der Waals surface area contributed by atoms with E-state index in [1.807, 2.05) is 27.7 Å². The van der Waals surface area contributed by atoms with E-state index in [2.05, 4.69) is 19.0 Å². The maximum atomic E-state index is 11.5. The zero-order chi connectivity index (χ0) is 16.2. The van der Waals surface area contributed by atoms with E-state index in [-0.39, 0.29) is 10.8 Å². The minimum absolute atomic E-state index is 0.246. The number of nitrogens with zero attached hydrogens (tertiary/aromatic N) is 1. The summed E-state index contributed by atoms with van der Waals surface area (Å²) in [5.41, 5.74) is -0.408. The lowest BCUT2D eigenvalue weighted by atomic mass is 9.60. The van der Waals surface area contributed by atoms with Gasteiger partial charge in [-0.25, -0.2) is 0 Å². The second-order valence-corrected chi connectivity index (χ2v) is 10.6. The van der Waals surface area contributed by atoms with Crippen molar-refractivity contribution in [1.29, 1.82) is 0 Å². The van der Waals surface area contributed by atoms with E-state index in [0.29, 0.717) is 16.5 Å². The molecule has 0 radical (unpaired) electrons. The van der Waals surface area contributed by atoms with Gasteiger partial charge in [-0.05, 0) is 17.8 Å². The molecule has 1 rings (SSSR count). The van der Waals surface area contributed by atoms with Crippen LogP contribution < -0.4 is 0 Å². The quantitative estimate of drug-likeness (QED) is 0.489. The van der Waals surface area contributed by atoms with E-state index >= 15 is 0 Å². The second kappa shape index (κ2) is 4.61. The van der Waals surface area contributed by atoms with Gasteiger partial charge >= 0.3 is 9.15 Å². The van der Waals surface area contributed by atoms with Crippen molar-refractivity contribution in [2.75, 3.05) is 7.11 Å². The molecule has 0 heterocycles. The van der Waals surface area contributed by atoms with Gasteiger partial charge in [0.1, 0.15) is 7.11 Å². The molecule has 0 aromatic heterocycles. The summed E-state index contributed by atoms with van der Waals surface area (Å²) in [7, 11) is -2.22. The van der Waals surface area contributed by atoms with Crippen LogP contribution >= 0.6 is 10.8 Å². The molecule has 0 spiro atoms. The van der Waals surface area contributed by atoms with Gasteiger partial charge in [0, 0.05) is 16.2 Å². The third-order valence-electron chi connectivity index (χ3n) is 5.82. The van der Waals surface area contributed by atoms with Gasteiger partial charge in [-0.1, -0.05) is 46.7 Å². The molecule has 0 bridgehead atoms. The average Bonchev–Trinajstić information content (AvgIpc) is 2.27. The Morgan fingerprint density at radius 2 is 1.50 bits per heavy atom. The van der Waals surface area contributed by atoms with Crippen molar-refractivity contribution in [1.82, 2.24) is 0 Å². The first-order valence-electron chi connectivity index (χ1n) is 6.45. The minimum Gasteiger partial charge on any atom is -0.399 e. The van der Waals surface area contributed by atoms with Gasteiger partial charge in [0.15, 0.2) is 0 Å². The van der Waals surface area contributed by atoms with Gasteiger partial charge in [0.05, 0.1) is 10.5 Å². The fraction of sp³-hybridized carbons (Fsp3) is 0.923. The summed E-state index contributed by atoms with van der Waals surface area (Å²) in [5.74, 6) is 0. The Labute approximate surface area is 125 Å². The summed E-state index contributed by atoms with van der Waals surface area (Å²) in [4.78, 5) is 4.96. The molecule has 1 atom stereocenters. The van der Waals surface area contributed by atoms with E-state index in [9.17, 15) is 13.0 Å². The number of hydrogen-bond donors (Lipinski definition) is 1. The molecule has 1 saturated carbocycles. The van der Waals surface area contributed by atoms with E-state index in [1.54, 1.807) is 6.92 Å². The van der Waals surface area contributed by atoms with Crippen molar-refractivity contribution in [3.63, 3.8) is 0 Å². The molecule has 1 fully saturated rings. The highest BCUT2D eigenvalue weighted by Crippen LogP contribution is 2.69. The van der Waals surface area contributed by atoms with Crippen LogP contribution in [0.3, 0.4) is 0 Å². The Hall–Kier alpha value is -0.270. The van der Waals surface area contributed by atoms with Gasteiger partial charge in [0.25, 0.3) is 0 Å². The fourth-order valence-electron chi connectivity index (χ4n) is 3.21. The van der Waals surface area contributed by atoms with Crippen LogP contribution in [0.4, 0.5) is 0 Å². The lowest BCUT2D eigenvalue weighted by Crippen LogP contribution is -2.45. The van der Waals surface area contributed by atoms with Gasteiger partial charge in [-0.2, -0.15) is 8.42 Å². The first kappa shape index (κ1) is 17.8. The average molecular weight is 323 g/mol. The van der Waals surface area contributed by atoms with Crippen LogP contribution in [-0.4, -0.2) is 30.5 Å². The standard InChI is InChI=1S/C13H25NO4S2/c1-10(2)9(14-18-8)13(7,19-20(15,16)17)12(5,6)11(10,3)4/h1-8H3,(H,15,16,17)/b14-9+/t13-/m0/s1. The first-order chi connectivity index (χ1) is 8.65. The van der Waals surface area contributed by atoms with E-state index in [1.165, 1.54) is 7.11 Å². The minimum atomic E-state index is -4.21. The Morgan fingerprint density at radius 3 is 1.85 bits per heavy atom. The Kier molecular flexibility index (Phi) is 4.10. The first-order valence-corrected chi connectivity index (χ1v) is 9.22. The molecule has 1 aliphatic carbocycles. The van der Waals surface area contributed by atoms with Crippen LogP contribution in [-0.2, 0) is 14.0 Å². The number of hydrogen-bond acceptors (Lipinski definition) is 5. The van der Waals surface area contributed by atoms with Gasteiger partial charge in [-0.15, -0.1) is 0 Å². The van der Waals surface area contributed by atoms with Crippen LogP contribution in [0.2, 0.25) is 0 Å². The van der Waals surface area contributed by atoms with Crippen molar-refractivity contribution in [2.45, 2.75) is 53.2 Å². The van der Waals surface area contributed by atoms with Crippen LogP contribution in [0.1, 0.15) is 48.5 Å². The van der Waals surface area contributed by atoms with E-state index in [0.717, 1.165) is 0 Å². The Morgan fingerprint density at radius 1 is 1.05 bits per heavy atom. The van der Waals surface area contributed by atoms with Crippen LogP contribution in [0.25, 0.3) is 0 Å². The third-order valence-corrected chi connectivity index (χ3v) is 8.70. The van der Waals surface area contributed by atoms with Crippen molar-refractivity contribution < 1.29 is 17.8 Å². The third kappa shape index (κ3) is 2.18. The molecule has 20 heavy (non-hydrogen) atoms. The summed E-state index contributed by atoms with van der Waals surface area (Å²) in [6.07, 6.45) is 0. The number of oxime groups is 1. The molecular weight excluding hydrogens is 298 g/mol. The molecule has 1 aliphatic rings. The van der Waals surface area contributed by atoms with Crippen LogP contribution in [0.5, 0.6) is 0 Å². The zero-order valence-corrected chi connectivity index (χ0v) is 15.1. The Balaban J connectivity index is 3.67. The predicted octanol–water partition coefficient (Wildman–Crippen LogP) is 3.38. The summed E-state index contributed by atoms with van der Waals surface area (Å²) in [6.45, 7) is 14.1. The molecule has 0 unspecified atom stereocenters. The lowest BCUT2D eigenvalue weighted by molar-refractivity contribution is 0.0532. The zero-order valence-electron chi connectivity index (χ0n) is 13.4. The molecule has 1 N–H and O–H groups in total. The van der Waals surface area contributed by atoms with Gasteiger partial charge < -0.3 is 4.84 Å². The van der Waals surface area contributed by atoms with E-state index in [4.69, 9.17) is 4.84 Å². The molecule has 0 amide bonds. The molecule has 0 saturated heterocycles. The van der Waals surface area contributed by atoms with Gasteiger partial charge in [0.2, 0.25) is 0 Å². The monoisotopic (exact) mass is 323 g/mol. The predicted molar refractivity (Wildman–Crippen MR) is 83.3 cm³/mol. The van der Waals surface area contributed by atoms with Crippen molar-refractivity contribution in [3.8, 4) is 0 Å². The molecular formula is C13H25NO4S2. The second-order valence-electron chi connectivity index (χ2n) is 7.04. The summed E-state index contributed by atoms with van der Waals surface area (Å²) < 4.78 is 31.4. The highest BCUT2D eigenvalue weighted by atomic mass is 33.1. The van der Waals surface area contributed by atoms with Crippen molar-refractivity contribution in [3.05, 3.63) is 0 Å². The summed E-state index contributed by atoms with van der Waals surface area (Å²) in [6, 6.07) is 0. The van der Waals surface area contributed by atoms with Crippen molar-refractivity contribution >= 4 is 25.7 Å². The number of rotatable bonds is 3. The normalized spacial score (nSPS) is 33.4. The van der Waals surface area contributed by atoms with Crippen molar-refractivity contribution in [2.24, 2.45) is 21.4 Å². The summed E-state index contributed by atoms with van der Waals surface area (Å²) in [5, 5.41) is 4.13. The van der Waals surface area contributed by atoms with Crippen LogP contribution in [0, 0.1) is 16.2 Å². The molecule has 0 aromatic carbocycles. The van der Waals surface area contributed by atoms with E-state index < -0.39 is 19.3 Å². The molecule has 7 heteroatoms. The fourth-order valence-corrected chi connectivity index (χ4v) is 6.59. The molecule has 0 aliphatic heterocycles. The lowest BCUT2D eigenvalue weighted by Gasteiger charge is -2.46. The largest absolute Gasteiger partial charge is 0.399 e. The molecule has 5 nitrogen and oxygen atoms in total. The summed E-state index contributed by atoms with van der Waals surface area (Å²) >= 11 is 0. The van der Waals surface area contributed by atoms with Gasteiger partial charge in [-0.3, -0.25) is 4.55 Å². The highest BCUT2D eigenvalue weighted by Gasteiger charge is 2.70. The highest BCUT2D eigenvalue weighted by molar-refractivity contribution is 8.70. The smallest absolute Gasteiger partial charge is 0.320 e. The maximum absolute atomic E-state index is 11.5. The Bertz CT molecular complexity index is 535.